The standard InChI is InChI=1S/C13H8F3NO2/c14-8-1-2-12(17-13(18)19)11(6-8)7-3-9(15)5-10(16)4-7/h1-6,17H,(H,18,19). The van der Waals surface area contributed by atoms with Crippen molar-refractivity contribution in [2.45, 2.75) is 0 Å². The number of carboxylic acid groups (broad SMARTS) is 1. The Bertz CT molecular complexity index is 624. The van der Waals surface area contributed by atoms with Crippen molar-refractivity contribution in [3.8, 4) is 11.1 Å². The van der Waals surface area contributed by atoms with Crippen molar-refractivity contribution in [2.24, 2.45) is 0 Å². The van der Waals surface area contributed by atoms with Gasteiger partial charge in [-0.3, -0.25) is 5.32 Å². The lowest BCUT2D eigenvalue weighted by Crippen LogP contribution is -2.08. The second-order valence-electron chi connectivity index (χ2n) is 3.78. The second kappa shape index (κ2) is 5.01. The van der Waals surface area contributed by atoms with Gasteiger partial charge in [-0.05, 0) is 35.9 Å². The van der Waals surface area contributed by atoms with Crippen molar-refractivity contribution in [2.75, 3.05) is 5.32 Å². The van der Waals surface area contributed by atoms with Crippen LogP contribution < -0.4 is 5.32 Å². The van der Waals surface area contributed by atoms with Crippen LogP contribution in [0.15, 0.2) is 36.4 Å². The zero-order valence-electron chi connectivity index (χ0n) is 9.45. The van der Waals surface area contributed by atoms with E-state index in [0.717, 1.165) is 24.3 Å². The number of benzene rings is 2. The monoisotopic (exact) mass is 267 g/mol. The summed E-state index contributed by atoms with van der Waals surface area (Å²) in [5.74, 6) is -2.31. The molecule has 0 spiro atoms. The fourth-order valence-corrected chi connectivity index (χ4v) is 1.69. The van der Waals surface area contributed by atoms with Crippen molar-refractivity contribution >= 4 is 11.8 Å². The van der Waals surface area contributed by atoms with Gasteiger partial charge in [0.25, 0.3) is 0 Å². The van der Waals surface area contributed by atoms with E-state index in [0.29, 0.717) is 6.07 Å². The Morgan fingerprint density at radius 2 is 1.58 bits per heavy atom. The molecule has 0 heterocycles. The average molecular weight is 267 g/mol. The lowest BCUT2D eigenvalue weighted by atomic mass is 10.0. The maximum atomic E-state index is 13.2. The second-order valence-corrected chi connectivity index (χ2v) is 3.78. The molecule has 0 bridgehead atoms. The largest absolute Gasteiger partial charge is 0.465 e. The molecule has 0 fully saturated rings. The number of hydrogen-bond acceptors (Lipinski definition) is 1. The Morgan fingerprint density at radius 1 is 0.947 bits per heavy atom. The van der Waals surface area contributed by atoms with E-state index in [4.69, 9.17) is 5.11 Å². The van der Waals surface area contributed by atoms with Gasteiger partial charge in [0, 0.05) is 11.6 Å². The highest BCUT2D eigenvalue weighted by atomic mass is 19.1. The first kappa shape index (κ1) is 12.9. The predicted octanol–water partition coefficient (Wildman–Crippen LogP) is 3.86. The van der Waals surface area contributed by atoms with Gasteiger partial charge in [0.05, 0.1) is 5.69 Å². The van der Waals surface area contributed by atoms with Crippen molar-refractivity contribution < 1.29 is 23.1 Å². The molecule has 0 atom stereocenters. The summed E-state index contributed by atoms with van der Waals surface area (Å²) in [6.07, 6.45) is -1.36. The summed E-state index contributed by atoms with van der Waals surface area (Å²) < 4.78 is 39.5. The smallest absolute Gasteiger partial charge is 0.409 e. The lowest BCUT2D eigenvalue weighted by Gasteiger charge is -2.10. The summed E-state index contributed by atoms with van der Waals surface area (Å²) in [6.45, 7) is 0. The van der Waals surface area contributed by atoms with E-state index in [1.807, 2.05) is 5.32 Å². The molecular formula is C13H8F3NO2. The highest BCUT2D eigenvalue weighted by molar-refractivity contribution is 5.90. The van der Waals surface area contributed by atoms with Crippen LogP contribution in [0.2, 0.25) is 0 Å². The first-order valence-corrected chi connectivity index (χ1v) is 5.21. The Balaban J connectivity index is 2.58. The van der Waals surface area contributed by atoms with Gasteiger partial charge in [-0.15, -0.1) is 0 Å². The minimum Gasteiger partial charge on any atom is -0.465 e. The zero-order valence-corrected chi connectivity index (χ0v) is 9.45. The molecule has 0 aliphatic rings. The first-order chi connectivity index (χ1) is 8.95. The minimum absolute atomic E-state index is 0.0406. The van der Waals surface area contributed by atoms with Gasteiger partial charge in [0.15, 0.2) is 0 Å². The van der Waals surface area contributed by atoms with E-state index in [1.54, 1.807) is 0 Å². The maximum Gasteiger partial charge on any atom is 0.409 e. The summed E-state index contributed by atoms with van der Waals surface area (Å²) >= 11 is 0. The molecule has 0 radical (unpaired) electrons. The Morgan fingerprint density at radius 3 is 2.16 bits per heavy atom. The van der Waals surface area contributed by atoms with Gasteiger partial charge in [-0.25, -0.2) is 18.0 Å². The third-order valence-corrected chi connectivity index (χ3v) is 2.40. The summed E-state index contributed by atoms with van der Waals surface area (Å²) in [5, 5.41) is 10.7. The van der Waals surface area contributed by atoms with E-state index in [1.165, 1.54) is 6.07 Å². The molecule has 6 heteroatoms. The SMILES string of the molecule is O=C(O)Nc1ccc(F)cc1-c1cc(F)cc(F)c1. The molecule has 0 unspecified atom stereocenters. The zero-order chi connectivity index (χ0) is 14.0. The topological polar surface area (TPSA) is 49.3 Å². The predicted molar refractivity (Wildman–Crippen MR) is 63.4 cm³/mol. The van der Waals surface area contributed by atoms with Gasteiger partial charge in [-0.1, -0.05) is 0 Å². The summed E-state index contributed by atoms with van der Waals surface area (Å²) in [5.41, 5.74) is 0.139. The Labute approximate surface area is 106 Å². The molecule has 0 aliphatic heterocycles. The van der Waals surface area contributed by atoms with Crippen LogP contribution >= 0.6 is 0 Å². The molecule has 0 saturated carbocycles. The fraction of sp³-hybridized carbons (Fsp3) is 0. The van der Waals surface area contributed by atoms with Crippen LogP contribution in [0.3, 0.4) is 0 Å². The minimum atomic E-state index is -1.36. The third-order valence-electron chi connectivity index (χ3n) is 2.40. The van der Waals surface area contributed by atoms with Crippen LogP contribution in [0.25, 0.3) is 11.1 Å². The fourth-order valence-electron chi connectivity index (χ4n) is 1.69. The molecule has 1 amide bonds. The summed E-state index contributed by atoms with van der Waals surface area (Å²) in [7, 11) is 0. The molecule has 3 nitrogen and oxygen atoms in total. The number of rotatable bonds is 2. The molecule has 19 heavy (non-hydrogen) atoms. The van der Waals surface area contributed by atoms with E-state index >= 15 is 0 Å². The Kier molecular flexibility index (Phi) is 3.41. The van der Waals surface area contributed by atoms with Crippen LogP contribution in [0.4, 0.5) is 23.7 Å². The van der Waals surface area contributed by atoms with Gasteiger partial charge < -0.3 is 5.11 Å². The molecule has 0 saturated heterocycles. The molecule has 0 aliphatic carbocycles. The van der Waals surface area contributed by atoms with E-state index in [-0.39, 0.29) is 16.8 Å². The van der Waals surface area contributed by atoms with Gasteiger partial charge in [0.1, 0.15) is 17.5 Å². The number of hydrogen-bond donors (Lipinski definition) is 2. The van der Waals surface area contributed by atoms with Crippen molar-refractivity contribution in [3.05, 3.63) is 53.8 Å². The molecule has 2 aromatic rings. The van der Waals surface area contributed by atoms with Crippen molar-refractivity contribution in [1.29, 1.82) is 0 Å². The summed E-state index contributed by atoms with van der Waals surface area (Å²) in [6, 6.07) is 5.88. The van der Waals surface area contributed by atoms with Crippen LogP contribution in [0, 0.1) is 17.5 Å². The van der Waals surface area contributed by atoms with Crippen molar-refractivity contribution in [1.82, 2.24) is 0 Å². The Hall–Kier alpha value is -2.50. The van der Waals surface area contributed by atoms with Crippen LogP contribution in [0.1, 0.15) is 0 Å². The summed E-state index contributed by atoms with van der Waals surface area (Å²) in [4.78, 5) is 10.6. The molecule has 2 aromatic carbocycles. The highest BCUT2D eigenvalue weighted by Crippen LogP contribution is 2.30. The van der Waals surface area contributed by atoms with Crippen LogP contribution in [-0.4, -0.2) is 11.2 Å². The number of carbonyl (C=O) groups is 1. The van der Waals surface area contributed by atoms with Gasteiger partial charge in [0.2, 0.25) is 0 Å². The lowest BCUT2D eigenvalue weighted by molar-refractivity contribution is 0.210. The number of amides is 1. The average Bonchev–Trinajstić information content (AvgIpc) is 2.29. The van der Waals surface area contributed by atoms with Gasteiger partial charge in [-0.2, -0.15) is 0 Å². The van der Waals surface area contributed by atoms with Crippen molar-refractivity contribution in [3.63, 3.8) is 0 Å². The maximum absolute atomic E-state index is 13.2. The number of nitrogens with one attached hydrogen (secondary N) is 1. The van der Waals surface area contributed by atoms with E-state index in [2.05, 4.69) is 0 Å². The van der Waals surface area contributed by atoms with Gasteiger partial charge >= 0.3 is 6.09 Å². The molecule has 98 valence electrons. The molecule has 0 aromatic heterocycles. The number of halogens is 3. The quantitative estimate of drug-likeness (QED) is 0.868. The first-order valence-electron chi connectivity index (χ1n) is 5.21. The third kappa shape index (κ3) is 3.04. The van der Waals surface area contributed by atoms with E-state index < -0.39 is 23.5 Å². The molecule has 2 N–H and O–H groups in total. The molecular weight excluding hydrogens is 259 g/mol. The van der Waals surface area contributed by atoms with E-state index in [9.17, 15) is 18.0 Å². The molecule has 2 rings (SSSR count). The highest BCUT2D eigenvalue weighted by Gasteiger charge is 2.11. The normalized spacial score (nSPS) is 10.3. The van der Waals surface area contributed by atoms with Crippen LogP contribution in [0.5, 0.6) is 0 Å². The number of anilines is 1. The van der Waals surface area contributed by atoms with Crippen LogP contribution in [-0.2, 0) is 0 Å².